The van der Waals surface area contributed by atoms with Gasteiger partial charge >= 0.3 is 11.8 Å². The fourth-order valence-corrected chi connectivity index (χ4v) is 2.69. The molecule has 1 heterocycles. The van der Waals surface area contributed by atoms with Crippen LogP contribution >= 0.6 is 0 Å². The van der Waals surface area contributed by atoms with Gasteiger partial charge in [0.25, 0.3) is 0 Å². The molecule has 0 aliphatic rings. The molecule has 3 aromatic rings. The Balaban J connectivity index is 2.15. The standard InChI is InChI=1S/C18H13F4NO2/c1-2-23(12-5-3-11(19)4-6-12)13-7-8-14-15(18(20,21)22)10-17(24)25-16(14)9-13/h3-10H,2H2,1H3. The third-order valence-corrected chi connectivity index (χ3v) is 3.80. The van der Waals surface area contributed by atoms with Crippen LogP contribution in [0.15, 0.2) is 57.7 Å². The van der Waals surface area contributed by atoms with Crippen LogP contribution in [0, 0.1) is 5.82 Å². The first-order valence-electron chi connectivity index (χ1n) is 7.48. The van der Waals surface area contributed by atoms with E-state index in [4.69, 9.17) is 4.42 Å². The summed E-state index contributed by atoms with van der Waals surface area (Å²) in [7, 11) is 0. The van der Waals surface area contributed by atoms with E-state index in [9.17, 15) is 22.4 Å². The largest absolute Gasteiger partial charge is 0.423 e. The van der Waals surface area contributed by atoms with Gasteiger partial charge in [-0.1, -0.05) is 0 Å². The second-order valence-electron chi connectivity index (χ2n) is 5.38. The Kier molecular flexibility index (Phi) is 4.24. The van der Waals surface area contributed by atoms with E-state index in [0.717, 1.165) is 0 Å². The molecular formula is C18H13F4NO2. The van der Waals surface area contributed by atoms with Crippen molar-refractivity contribution in [2.45, 2.75) is 13.1 Å². The highest BCUT2D eigenvalue weighted by atomic mass is 19.4. The number of benzene rings is 2. The molecule has 2 aromatic carbocycles. The van der Waals surface area contributed by atoms with E-state index in [0.29, 0.717) is 24.0 Å². The molecule has 3 nitrogen and oxygen atoms in total. The number of hydrogen-bond donors (Lipinski definition) is 0. The van der Waals surface area contributed by atoms with Gasteiger partial charge in [0.2, 0.25) is 0 Å². The molecule has 0 fully saturated rings. The summed E-state index contributed by atoms with van der Waals surface area (Å²) in [5.41, 5.74) is -1.06. The van der Waals surface area contributed by atoms with E-state index in [2.05, 4.69) is 0 Å². The Morgan fingerprint density at radius 3 is 2.24 bits per heavy atom. The lowest BCUT2D eigenvalue weighted by Gasteiger charge is -2.23. The zero-order chi connectivity index (χ0) is 18.2. The van der Waals surface area contributed by atoms with Crippen LogP contribution in [0.1, 0.15) is 12.5 Å². The van der Waals surface area contributed by atoms with Gasteiger partial charge in [-0.25, -0.2) is 9.18 Å². The molecule has 0 atom stereocenters. The third-order valence-electron chi connectivity index (χ3n) is 3.80. The molecule has 0 bridgehead atoms. The van der Waals surface area contributed by atoms with Crippen molar-refractivity contribution < 1.29 is 22.0 Å². The molecule has 0 unspecified atom stereocenters. The van der Waals surface area contributed by atoms with Gasteiger partial charge in [0.1, 0.15) is 11.4 Å². The minimum Gasteiger partial charge on any atom is -0.423 e. The summed E-state index contributed by atoms with van der Waals surface area (Å²) >= 11 is 0. The highest BCUT2D eigenvalue weighted by Gasteiger charge is 2.33. The van der Waals surface area contributed by atoms with Crippen LogP contribution < -0.4 is 10.5 Å². The van der Waals surface area contributed by atoms with Crippen LogP contribution in [0.3, 0.4) is 0 Å². The van der Waals surface area contributed by atoms with Gasteiger partial charge < -0.3 is 9.32 Å². The normalized spacial score (nSPS) is 11.7. The zero-order valence-corrected chi connectivity index (χ0v) is 13.1. The van der Waals surface area contributed by atoms with Crippen LogP contribution in [-0.2, 0) is 6.18 Å². The van der Waals surface area contributed by atoms with Crippen molar-refractivity contribution >= 4 is 22.3 Å². The van der Waals surface area contributed by atoms with Crippen molar-refractivity contribution in [2.24, 2.45) is 0 Å². The van der Waals surface area contributed by atoms with E-state index in [-0.39, 0.29) is 16.8 Å². The minimum absolute atomic E-state index is 0.155. The molecule has 0 amide bonds. The SMILES string of the molecule is CCN(c1ccc(F)cc1)c1ccc2c(C(F)(F)F)cc(=O)oc2c1. The van der Waals surface area contributed by atoms with Crippen LogP contribution in [0.5, 0.6) is 0 Å². The first kappa shape index (κ1) is 17.0. The van der Waals surface area contributed by atoms with Crippen LogP contribution in [0.2, 0.25) is 0 Å². The van der Waals surface area contributed by atoms with Crippen LogP contribution in [0.4, 0.5) is 28.9 Å². The van der Waals surface area contributed by atoms with Crippen molar-refractivity contribution in [3.8, 4) is 0 Å². The van der Waals surface area contributed by atoms with Gasteiger partial charge in [0.05, 0.1) is 5.56 Å². The Morgan fingerprint density at radius 2 is 1.64 bits per heavy atom. The van der Waals surface area contributed by atoms with E-state index >= 15 is 0 Å². The van der Waals surface area contributed by atoms with Gasteiger partial charge in [-0.15, -0.1) is 0 Å². The number of fused-ring (bicyclic) bond motifs is 1. The van der Waals surface area contributed by atoms with Crippen LogP contribution in [0.25, 0.3) is 11.0 Å². The number of halogens is 4. The molecular weight excluding hydrogens is 338 g/mol. The Hall–Kier alpha value is -2.83. The van der Waals surface area contributed by atoms with Gasteiger partial charge in [-0.3, -0.25) is 0 Å². The summed E-state index contributed by atoms with van der Waals surface area (Å²) in [4.78, 5) is 13.3. The first-order chi connectivity index (χ1) is 11.8. The Labute approximate surface area is 140 Å². The average molecular weight is 351 g/mol. The van der Waals surface area contributed by atoms with Gasteiger partial charge in [0, 0.05) is 35.4 Å². The molecule has 0 saturated carbocycles. The molecule has 0 radical (unpaired) electrons. The van der Waals surface area contributed by atoms with Gasteiger partial charge in [0.15, 0.2) is 0 Å². The van der Waals surface area contributed by atoms with Crippen molar-refractivity contribution in [3.05, 3.63) is 70.3 Å². The molecule has 0 N–H and O–H groups in total. The Morgan fingerprint density at radius 1 is 1.00 bits per heavy atom. The third kappa shape index (κ3) is 3.35. The topological polar surface area (TPSA) is 33.5 Å². The maximum Gasteiger partial charge on any atom is 0.417 e. The molecule has 130 valence electrons. The highest BCUT2D eigenvalue weighted by molar-refractivity contribution is 5.85. The quantitative estimate of drug-likeness (QED) is 0.486. The Bertz CT molecular complexity index is 961. The van der Waals surface area contributed by atoms with E-state index < -0.39 is 17.4 Å². The molecule has 25 heavy (non-hydrogen) atoms. The van der Waals surface area contributed by atoms with Crippen molar-refractivity contribution in [2.75, 3.05) is 11.4 Å². The average Bonchev–Trinajstić information content (AvgIpc) is 2.55. The maximum absolute atomic E-state index is 13.1. The molecule has 3 rings (SSSR count). The number of hydrogen-bond acceptors (Lipinski definition) is 3. The number of anilines is 2. The molecule has 1 aromatic heterocycles. The molecule has 7 heteroatoms. The number of nitrogens with zero attached hydrogens (tertiary/aromatic N) is 1. The molecule has 0 aliphatic heterocycles. The lowest BCUT2D eigenvalue weighted by Crippen LogP contribution is -2.16. The number of rotatable bonds is 3. The van der Waals surface area contributed by atoms with Gasteiger partial charge in [-0.05, 0) is 43.3 Å². The highest BCUT2D eigenvalue weighted by Crippen LogP contribution is 2.36. The zero-order valence-electron chi connectivity index (χ0n) is 13.1. The lowest BCUT2D eigenvalue weighted by molar-refractivity contribution is -0.136. The van der Waals surface area contributed by atoms with E-state index in [1.54, 1.807) is 17.0 Å². The fourth-order valence-electron chi connectivity index (χ4n) is 2.69. The second-order valence-corrected chi connectivity index (χ2v) is 5.38. The summed E-state index contributed by atoms with van der Waals surface area (Å²) < 4.78 is 57.3. The predicted octanol–water partition coefficient (Wildman–Crippen LogP) is 5.11. The molecule has 0 spiro atoms. The molecule has 0 saturated heterocycles. The monoisotopic (exact) mass is 351 g/mol. The van der Waals surface area contributed by atoms with Crippen molar-refractivity contribution in [1.29, 1.82) is 0 Å². The summed E-state index contributed by atoms with van der Waals surface area (Å²) in [6, 6.07) is 10.3. The van der Waals surface area contributed by atoms with Crippen molar-refractivity contribution in [3.63, 3.8) is 0 Å². The predicted molar refractivity (Wildman–Crippen MR) is 86.6 cm³/mol. The molecule has 0 aliphatic carbocycles. The van der Waals surface area contributed by atoms with Gasteiger partial charge in [-0.2, -0.15) is 13.2 Å². The summed E-state index contributed by atoms with van der Waals surface area (Å²) in [6.45, 7) is 2.33. The summed E-state index contributed by atoms with van der Waals surface area (Å²) in [6.07, 6.45) is -4.66. The summed E-state index contributed by atoms with van der Waals surface area (Å²) in [5, 5.41) is -0.189. The lowest BCUT2D eigenvalue weighted by atomic mass is 10.1. The van der Waals surface area contributed by atoms with Crippen LogP contribution in [-0.4, -0.2) is 6.54 Å². The number of alkyl halides is 3. The smallest absolute Gasteiger partial charge is 0.417 e. The minimum atomic E-state index is -4.66. The van der Waals surface area contributed by atoms with Crippen molar-refractivity contribution in [1.82, 2.24) is 0 Å². The fraction of sp³-hybridized carbons (Fsp3) is 0.167. The second kappa shape index (κ2) is 6.23. The van der Waals surface area contributed by atoms with E-state index in [1.165, 1.54) is 30.3 Å². The maximum atomic E-state index is 13.1. The van der Waals surface area contributed by atoms with E-state index in [1.807, 2.05) is 6.92 Å². The summed E-state index contributed by atoms with van der Waals surface area (Å²) in [5.74, 6) is -0.390. The first-order valence-corrected chi connectivity index (χ1v) is 7.48.